The molecule has 6 nitrogen and oxygen atoms in total. The van der Waals surface area contributed by atoms with Gasteiger partial charge in [0.05, 0.1) is 5.56 Å². The molecule has 0 aliphatic rings. The van der Waals surface area contributed by atoms with Crippen molar-refractivity contribution in [3.05, 3.63) is 35.9 Å². The quantitative estimate of drug-likeness (QED) is 0.717. The van der Waals surface area contributed by atoms with Gasteiger partial charge in [0.1, 0.15) is 5.76 Å². The second-order valence-corrected chi connectivity index (χ2v) is 5.93. The van der Waals surface area contributed by atoms with Crippen molar-refractivity contribution in [1.29, 1.82) is 0 Å². The van der Waals surface area contributed by atoms with Crippen LogP contribution in [0, 0.1) is 6.92 Å². The van der Waals surface area contributed by atoms with Crippen molar-refractivity contribution in [1.82, 2.24) is 20.3 Å². The van der Waals surface area contributed by atoms with Crippen LogP contribution in [0.25, 0.3) is 23.0 Å². The Balaban J connectivity index is 1.91. The Morgan fingerprint density at radius 2 is 1.81 bits per heavy atom. The molecular weight excluding hydrogens is 268 g/mol. The van der Waals surface area contributed by atoms with Crippen LogP contribution >= 0.6 is 0 Å². The lowest BCUT2D eigenvalue weighted by atomic mass is 9.93. The SMILES string of the molecule is Cc1ccc(-c2nnc(-c3cc(C(C)(C)C)on3)o2)cn1. The van der Waals surface area contributed by atoms with E-state index in [9.17, 15) is 0 Å². The molecule has 0 aliphatic carbocycles. The summed E-state index contributed by atoms with van der Waals surface area (Å²) in [6.07, 6.45) is 1.70. The maximum Gasteiger partial charge on any atom is 0.270 e. The van der Waals surface area contributed by atoms with Crippen molar-refractivity contribution >= 4 is 0 Å². The molecule has 21 heavy (non-hydrogen) atoms. The third-order valence-corrected chi connectivity index (χ3v) is 3.05. The Kier molecular flexibility index (Phi) is 3.08. The summed E-state index contributed by atoms with van der Waals surface area (Å²) in [5.74, 6) is 1.52. The molecule has 108 valence electrons. The third-order valence-electron chi connectivity index (χ3n) is 3.05. The predicted octanol–water partition coefficient (Wildman–Crippen LogP) is 3.39. The first-order chi connectivity index (χ1) is 9.93. The Morgan fingerprint density at radius 1 is 1.05 bits per heavy atom. The van der Waals surface area contributed by atoms with Crippen LogP contribution in [-0.4, -0.2) is 20.3 Å². The summed E-state index contributed by atoms with van der Waals surface area (Å²) in [7, 11) is 0. The number of hydrogen-bond acceptors (Lipinski definition) is 6. The van der Waals surface area contributed by atoms with E-state index in [1.54, 1.807) is 6.20 Å². The molecule has 3 aromatic heterocycles. The minimum atomic E-state index is -0.116. The van der Waals surface area contributed by atoms with E-state index in [0.29, 0.717) is 17.5 Å². The highest BCUT2D eigenvalue weighted by Gasteiger charge is 2.22. The van der Waals surface area contributed by atoms with Crippen LogP contribution in [0.15, 0.2) is 33.3 Å². The summed E-state index contributed by atoms with van der Waals surface area (Å²) in [5.41, 5.74) is 2.14. The van der Waals surface area contributed by atoms with Crippen molar-refractivity contribution in [2.75, 3.05) is 0 Å². The molecule has 0 aromatic carbocycles. The van der Waals surface area contributed by atoms with E-state index >= 15 is 0 Å². The van der Waals surface area contributed by atoms with Crippen molar-refractivity contribution < 1.29 is 8.94 Å². The maximum absolute atomic E-state index is 5.64. The van der Waals surface area contributed by atoms with Gasteiger partial charge in [0, 0.05) is 23.4 Å². The summed E-state index contributed by atoms with van der Waals surface area (Å²) >= 11 is 0. The number of hydrogen-bond donors (Lipinski definition) is 0. The van der Waals surface area contributed by atoms with Gasteiger partial charge in [-0.2, -0.15) is 0 Å². The molecule has 0 spiro atoms. The standard InChI is InChI=1S/C15H16N4O2/c1-9-5-6-10(8-16-9)13-17-18-14(20-13)11-7-12(21-19-11)15(2,3)4/h5-8H,1-4H3. The average Bonchev–Trinajstić information content (AvgIpc) is 3.07. The van der Waals surface area contributed by atoms with Crippen LogP contribution < -0.4 is 0 Å². The fraction of sp³-hybridized carbons (Fsp3) is 0.333. The van der Waals surface area contributed by atoms with Crippen molar-refractivity contribution in [2.45, 2.75) is 33.1 Å². The minimum absolute atomic E-state index is 0.116. The first kappa shape index (κ1) is 13.5. The molecule has 0 radical (unpaired) electrons. The number of rotatable bonds is 2. The molecule has 0 atom stereocenters. The fourth-order valence-electron chi connectivity index (χ4n) is 1.77. The van der Waals surface area contributed by atoms with E-state index in [-0.39, 0.29) is 5.41 Å². The normalized spacial score (nSPS) is 11.8. The molecule has 0 amide bonds. The van der Waals surface area contributed by atoms with Crippen LogP contribution in [0.5, 0.6) is 0 Å². The molecule has 0 unspecified atom stereocenters. The van der Waals surface area contributed by atoms with Gasteiger partial charge in [-0.1, -0.05) is 25.9 Å². The second kappa shape index (κ2) is 4.80. The van der Waals surface area contributed by atoms with Gasteiger partial charge >= 0.3 is 0 Å². The lowest BCUT2D eigenvalue weighted by molar-refractivity contribution is 0.329. The Labute approximate surface area is 122 Å². The molecule has 0 saturated heterocycles. The van der Waals surface area contributed by atoms with Gasteiger partial charge in [-0.3, -0.25) is 4.98 Å². The Bertz CT molecular complexity index is 751. The molecule has 0 aliphatic heterocycles. The van der Waals surface area contributed by atoms with Gasteiger partial charge in [-0.05, 0) is 19.1 Å². The highest BCUT2D eigenvalue weighted by molar-refractivity contribution is 5.54. The largest absolute Gasteiger partial charge is 0.414 e. The lowest BCUT2D eigenvalue weighted by Crippen LogP contribution is -2.09. The molecule has 3 aromatic rings. The van der Waals surface area contributed by atoms with Crippen LogP contribution in [0.4, 0.5) is 0 Å². The zero-order valence-corrected chi connectivity index (χ0v) is 12.4. The van der Waals surface area contributed by atoms with Crippen molar-refractivity contribution in [2.24, 2.45) is 0 Å². The summed E-state index contributed by atoms with van der Waals surface area (Å²) in [6.45, 7) is 8.07. The topological polar surface area (TPSA) is 77.8 Å². The van der Waals surface area contributed by atoms with E-state index in [0.717, 1.165) is 17.0 Å². The van der Waals surface area contributed by atoms with E-state index in [2.05, 4.69) is 41.1 Å². The Hall–Kier alpha value is -2.50. The average molecular weight is 284 g/mol. The summed E-state index contributed by atoms with van der Waals surface area (Å²) in [4.78, 5) is 4.21. The summed E-state index contributed by atoms with van der Waals surface area (Å²) in [5, 5.41) is 12.0. The molecule has 3 heterocycles. The smallest absolute Gasteiger partial charge is 0.270 e. The van der Waals surface area contributed by atoms with Gasteiger partial charge < -0.3 is 8.94 Å². The zero-order chi connectivity index (χ0) is 15.0. The fourth-order valence-corrected chi connectivity index (χ4v) is 1.77. The number of aromatic nitrogens is 4. The summed E-state index contributed by atoms with van der Waals surface area (Å²) < 4.78 is 11.0. The predicted molar refractivity (Wildman–Crippen MR) is 76.5 cm³/mol. The number of nitrogens with zero attached hydrogens (tertiary/aromatic N) is 4. The maximum atomic E-state index is 5.64. The third kappa shape index (κ3) is 2.69. The highest BCUT2D eigenvalue weighted by Crippen LogP contribution is 2.28. The van der Waals surface area contributed by atoms with Gasteiger partial charge in [-0.15, -0.1) is 10.2 Å². The molecule has 3 rings (SSSR count). The molecule has 0 fully saturated rings. The van der Waals surface area contributed by atoms with E-state index in [4.69, 9.17) is 8.94 Å². The lowest BCUT2D eigenvalue weighted by Gasteiger charge is -2.11. The van der Waals surface area contributed by atoms with Crippen molar-refractivity contribution in [3.8, 4) is 23.0 Å². The summed E-state index contributed by atoms with van der Waals surface area (Å²) in [6, 6.07) is 5.61. The minimum Gasteiger partial charge on any atom is -0.414 e. The first-order valence-electron chi connectivity index (χ1n) is 6.67. The molecular formula is C15H16N4O2. The van der Waals surface area contributed by atoms with Crippen LogP contribution in [0.3, 0.4) is 0 Å². The highest BCUT2D eigenvalue weighted by atomic mass is 16.5. The second-order valence-electron chi connectivity index (χ2n) is 5.93. The molecule has 6 heteroatoms. The van der Waals surface area contributed by atoms with Gasteiger partial charge in [0.15, 0.2) is 5.69 Å². The van der Waals surface area contributed by atoms with Crippen LogP contribution in [0.2, 0.25) is 0 Å². The monoisotopic (exact) mass is 284 g/mol. The Morgan fingerprint density at radius 3 is 2.43 bits per heavy atom. The first-order valence-corrected chi connectivity index (χ1v) is 6.67. The molecule has 0 N–H and O–H groups in total. The van der Waals surface area contributed by atoms with Gasteiger partial charge in [0.25, 0.3) is 5.89 Å². The van der Waals surface area contributed by atoms with Gasteiger partial charge in [0.2, 0.25) is 5.89 Å². The number of aryl methyl sites for hydroxylation is 1. The van der Waals surface area contributed by atoms with Crippen LogP contribution in [0.1, 0.15) is 32.2 Å². The molecule has 0 bridgehead atoms. The van der Waals surface area contributed by atoms with E-state index in [1.807, 2.05) is 25.1 Å². The van der Waals surface area contributed by atoms with Crippen molar-refractivity contribution in [3.63, 3.8) is 0 Å². The van der Waals surface area contributed by atoms with Gasteiger partial charge in [-0.25, -0.2) is 0 Å². The van der Waals surface area contributed by atoms with Crippen LogP contribution in [-0.2, 0) is 5.41 Å². The van der Waals surface area contributed by atoms with E-state index in [1.165, 1.54) is 0 Å². The molecule has 0 saturated carbocycles. The number of pyridine rings is 1. The van der Waals surface area contributed by atoms with E-state index < -0.39 is 0 Å². The zero-order valence-electron chi connectivity index (χ0n) is 12.4.